The summed E-state index contributed by atoms with van der Waals surface area (Å²) in [7, 11) is -1.87. The molecule has 3 rings (SSSR count). The molecule has 1 N–H and O–H groups in total. The molecule has 136 valence electrons. The molecule has 0 amide bonds. The fraction of sp³-hybridized carbons (Fsp3) is 0.550. The van der Waals surface area contributed by atoms with Crippen molar-refractivity contribution < 1.29 is 13.6 Å². The maximum Gasteiger partial charge on any atom is 0.192 e. The second kappa shape index (κ2) is 6.36. The Labute approximate surface area is 150 Å². The highest BCUT2D eigenvalue weighted by atomic mass is 28.4. The summed E-state index contributed by atoms with van der Waals surface area (Å²) >= 11 is 0. The molecule has 1 heterocycles. The molecule has 0 spiro atoms. The van der Waals surface area contributed by atoms with Crippen LogP contribution in [0.2, 0.25) is 18.1 Å². The Morgan fingerprint density at radius 2 is 1.88 bits per heavy atom. The lowest BCUT2D eigenvalue weighted by atomic mass is 9.98. The molecule has 1 aliphatic rings. The first-order chi connectivity index (χ1) is 11.6. The summed E-state index contributed by atoms with van der Waals surface area (Å²) in [6, 6.07) is 3.39. The minimum Gasteiger partial charge on any atom is -0.411 e. The Morgan fingerprint density at radius 3 is 2.56 bits per heavy atom. The molecule has 1 aromatic carbocycles. The van der Waals surface area contributed by atoms with Crippen LogP contribution < -0.4 is 0 Å². The van der Waals surface area contributed by atoms with E-state index in [0.717, 1.165) is 35.9 Å². The monoisotopic (exact) mass is 361 g/mol. The number of carbonyl (C=O) groups is 1. The van der Waals surface area contributed by atoms with Crippen LogP contribution in [0.1, 0.15) is 61.6 Å². The maximum atomic E-state index is 14.5. The van der Waals surface area contributed by atoms with E-state index in [2.05, 4.69) is 38.8 Å². The molecule has 2 aromatic rings. The van der Waals surface area contributed by atoms with Crippen LogP contribution in [0.4, 0.5) is 4.39 Å². The van der Waals surface area contributed by atoms with Crippen LogP contribution in [0.25, 0.3) is 10.9 Å². The second-order valence-electron chi connectivity index (χ2n) is 8.65. The SMILES string of the molecule is CC(C)(C)[Si](C)(C)OCc1cc2c3c(cc(F)c2[nH]1)C(=O)CCCC3. The molecule has 0 radical (unpaired) electrons. The molecule has 25 heavy (non-hydrogen) atoms. The molecule has 1 aliphatic carbocycles. The molecule has 0 bridgehead atoms. The third-order valence-corrected chi connectivity index (χ3v) is 10.3. The third kappa shape index (κ3) is 3.44. The van der Waals surface area contributed by atoms with Gasteiger partial charge in [0.1, 0.15) is 5.82 Å². The molecule has 0 atom stereocenters. The van der Waals surface area contributed by atoms with E-state index in [-0.39, 0.29) is 16.6 Å². The number of halogens is 1. The standard InChI is InChI=1S/C20H28FNO2Si/c1-20(2,3)25(4,5)24-12-13-10-16-14-8-6-7-9-18(23)15(14)11-17(21)19(16)22-13/h10-11,22H,6-9,12H2,1-5H3. The number of ketones is 1. The highest BCUT2D eigenvalue weighted by Crippen LogP contribution is 2.37. The molecule has 0 saturated carbocycles. The van der Waals surface area contributed by atoms with Crippen molar-refractivity contribution in [1.82, 2.24) is 4.98 Å². The number of Topliss-reactive ketones (excluding diaryl/α,β-unsaturated/α-hetero) is 1. The van der Waals surface area contributed by atoms with Gasteiger partial charge in [-0.2, -0.15) is 0 Å². The van der Waals surface area contributed by atoms with Gasteiger partial charge >= 0.3 is 0 Å². The number of benzene rings is 1. The summed E-state index contributed by atoms with van der Waals surface area (Å²) in [5, 5.41) is 0.979. The second-order valence-corrected chi connectivity index (χ2v) is 13.5. The average Bonchev–Trinajstić information content (AvgIpc) is 2.86. The highest BCUT2D eigenvalue weighted by molar-refractivity contribution is 6.74. The molecular weight excluding hydrogens is 333 g/mol. The van der Waals surface area contributed by atoms with Crippen molar-refractivity contribution in [2.24, 2.45) is 0 Å². The normalized spacial score (nSPS) is 16.2. The number of H-pyrrole nitrogens is 1. The number of hydrogen-bond acceptors (Lipinski definition) is 2. The summed E-state index contributed by atoms with van der Waals surface area (Å²) in [6.45, 7) is 11.5. The van der Waals surface area contributed by atoms with Gasteiger partial charge in [0.15, 0.2) is 14.1 Å². The van der Waals surface area contributed by atoms with Gasteiger partial charge in [0, 0.05) is 23.1 Å². The molecule has 0 aliphatic heterocycles. The Hall–Kier alpha value is -1.46. The summed E-state index contributed by atoms with van der Waals surface area (Å²) in [4.78, 5) is 15.5. The van der Waals surface area contributed by atoms with Crippen LogP contribution in [0.3, 0.4) is 0 Å². The van der Waals surface area contributed by atoms with Gasteiger partial charge in [-0.1, -0.05) is 20.8 Å². The molecule has 0 unspecified atom stereocenters. The average molecular weight is 362 g/mol. The summed E-state index contributed by atoms with van der Waals surface area (Å²) in [5.74, 6) is -0.281. The van der Waals surface area contributed by atoms with Crippen molar-refractivity contribution >= 4 is 25.0 Å². The maximum absolute atomic E-state index is 14.5. The molecular formula is C20H28FNO2Si. The highest BCUT2D eigenvalue weighted by Gasteiger charge is 2.37. The van der Waals surface area contributed by atoms with Crippen LogP contribution in [0, 0.1) is 5.82 Å². The Kier molecular flexibility index (Phi) is 4.66. The van der Waals surface area contributed by atoms with Crippen LogP contribution >= 0.6 is 0 Å². The quantitative estimate of drug-likeness (QED) is 0.559. The van der Waals surface area contributed by atoms with Gasteiger partial charge in [0.25, 0.3) is 0 Å². The lowest BCUT2D eigenvalue weighted by Crippen LogP contribution is -2.40. The fourth-order valence-corrected chi connectivity index (χ4v) is 4.11. The topological polar surface area (TPSA) is 42.1 Å². The van der Waals surface area contributed by atoms with Gasteiger partial charge < -0.3 is 9.41 Å². The van der Waals surface area contributed by atoms with Crippen LogP contribution in [0.5, 0.6) is 0 Å². The summed E-state index contributed by atoms with van der Waals surface area (Å²) in [6.07, 6.45) is 3.20. The number of aryl methyl sites for hydroxylation is 1. The van der Waals surface area contributed by atoms with E-state index in [4.69, 9.17) is 4.43 Å². The fourth-order valence-electron chi connectivity index (χ4n) is 3.16. The minimum atomic E-state index is -1.87. The third-order valence-electron chi connectivity index (χ3n) is 5.81. The lowest BCUT2D eigenvalue weighted by Gasteiger charge is -2.36. The zero-order valence-corrected chi connectivity index (χ0v) is 16.9. The smallest absolute Gasteiger partial charge is 0.192 e. The first-order valence-corrected chi connectivity index (χ1v) is 12.0. The predicted octanol–water partition coefficient (Wildman–Crippen LogP) is 5.74. The molecule has 0 fully saturated rings. The molecule has 5 heteroatoms. The van der Waals surface area contributed by atoms with E-state index >= 15 is 0 Å². The number of fused-ring (bicyclic) bond motifs is 3. The first-order valence-electron chi connectivity index (χ1n) is 9.10. The zero-order chi connectivity index (χ0) is 18.4. The molecule has 1 aromatic heterocycles. The molecule has 0 saturated heterocycles. The van der Waals surface area contributed by atoms with Crippen molar-refractivity contribution in [2.45, 2.75) is 71.2 Å². The van der Waals surface area contributed by atoms with E-state index in [1.807, 2.05) is 6.07 Å². The van der Waals surface area contributed by atoms with E-state index in [1.165, 1.54) is 6.07 Å². The number of nitrogens with one attached hydrogen (secondary N) is 1. The van der Waals surface area contributed by atoms with Gasteiger partial charge in [-0.15, -0.1) is 0 Å². The van der Waals surface area contributed by atoms with E-state index in [9.17, 15) is 9.18 Å². The summed E-state index contributed by atoms with van der Waals surface area (Å²) in [5.41, 5.74) is 2.94. The Morgan fingerprint density at radius 1 is 1.20 bits per heavy atom. The van der Waals surface area contributed by atoms with E-state index in [1.54, 1.807) is 0 Å². The van der Waals surface area contributed by atoms with Crippen molar-refractivity contribution in [2.75, 3.05) is 0 Å². The van der Waals surface area contributed by atoms with Crippen molar-refractivity contribution in [1.29, 1.82) is 0 Å². The van der Waals surface area contributed by atoms with Crippen molar-refractivity contribution in [3.05, 3.63) is 34.8 Å². The first kappa shape index (κ1) is 18.3. The number of aromatic nitrogens is 1. The van der Waals surface area contributed by atoms with E-state index < -0.39 is 8.32 Å². The molecule has 3 nitrogen and oxygen atoms in total. The van der Waals surface area contributed by atoms with Crippen LogP contribution in [-0.2, 0) is 17.5 Å². The van der Waals surface area contributed by atoms with Gasteiger partial charge in [-0.3, -0.25) is 4.79 Å². The predicted molar refractivity (Wildman–Crippen MR) is 102 cm³/mol. The lowest BCUT2D eigenvalue weighted by molar-refractivity contribution is 0.0981. The Balaban J connectivity index is 1.96. The summed E-state index contributed by atoms with van der Waals surface area (Å²) < 4.78 is 20.8. The largest absolute Gasteiger partial charge is 0.411 e. The van der Waals surface area contributed by atoms with Gasteiger partial charge in [0.2, 0.25) is 0 Å². The minimum absolute atomic E-state index is 0.0635. The van der Waals surface area contributed by atoms with Gasteiger partial charge in [-0.05, 0) is 55.1 Å². The number of aromatic amines is 1. The number of hydrogen-bond donors (Lipinski definition) is 1. The van der Waals surface area contributed by atoms with Crippen molar-refractivity contribution in [3.63, 3.8) is 0 Å². The van der Waals surface area contributed by atoms with Gasteiger partial charge in [0.05, 0.1) is 12.1 Å². The van der Waals surface area contributed by atoms with E-state index in [0.29, 0.717) is 24.1 Å². The number of rotatable bonds is 3. The van der Waals surface area contributed by atoms with Crippen LogP contribution in [0.15, 0.2) is 12.1 Å². The van der Waals surface area contributed by atoms with Crippen molar-refractivity contribution in [3.8, 4) is 0 Å². The van der Waals surface area contributed by atoms with Gasteiger partial charge in [-0.25, -0.2) is 4.39 Å². The number of carbonyl (C=O) groups excluding carboxylic acids is 1. The Bertz CT molecular complexity index is 817. The van der Waals surface area contributed by atoms with Crippen LogP contribution in [-0.4, -0.2) is 19.1 Å². The zero-order valence-electron chi connectivity index (χ0n) is 15.9.